The molecule has 1 nitrogen and oxygen atoms in total. The fraction of sp³-hybridized carbons (Fsp3) is 0.300. The standard InChI is InChI=1S/C10H9F3N/c1-7(2)5-8-6-14-4-3-9(8)10(11,12)13/h3,5-6H,1-2H3. The first-order chi connectivity index (χ1) is 6.41. The van der Waals surface area contributed by atoms with Gasteiger partial charge in [0.25, 0.3) is 0 Å². The van der Waals surface area contributed by atoms with Crippen LogP contribution in [0.1, 0.15) is 25.0 Å². The van der Waals surface area contributed by atoms with Gasteiger partial charge in [-0.2, -0.15) is 13.2 Å². The molecule has 0 bridgehead atoms. The first kappa shape index (κ1) is 10.8. The van der Waals surface area contributed by atoms with Crippen LogP contribution in [0.3, 0.4) is 0 Å². The van der Waals surface area contributed by atoms with Crippen LogP contribution in [0.5, 0.6) is 0 Å². The topological polar surface area (TPSA) is 12.9 Å². The molecule has 0 saturated heterocycles. The highest BCUT2D eigenvalue weighted by Gasteiger charge is 2.32. The van der Waals surface area contributed by atoms with E-state index in [9.17, 15) is 13.2 Å². The van der Waals surface area contributed by atoms with Crippen LogP contribution in [0, 0.1) is 6.20 Å². The number of pyridine rings is 1. The molecule has 0 amide bonds. The fourth-order valence-electron chi connectivity index (χ4n) is 1.03. The Hall–Kier alpha value is -1.32. The number of rotatable bonds is 1. The van der Waals surface area contributed by atoms with Crippen LogP contribution < -0.4 is 0 Å². The molecule has 0 unspecified atom stereocenters. The van der Waals surface area contributed by atoms with Gasteiger partial charge in [0.05, 0.1) is 11.8 Å². The van der Waals surface area contributed by atoms with Gasteiger partial charge in [-0.15, -0.1) is 0 Å². The summed E-state index contributed by atoms with van der Waals surface area (Å²) in [6, 6.07) is 0.856. The Morgan fingerprint density at radius 1 is 1.43 bits per heavy atom. The molecule has 1 aromatic heterocycles. The van der Waals surface area contributed by atoms with Crippen molar-refractivity contribution >= 4 is 6.08 Å². The lowest BCUT2D eigenvalue weighted by molar-refractivity contribution is -0.137. The molecule has 0 N–H and O–H groups in total. The minimum absolute atomic E-state index is 0.0799. The molecule has 14 heavy (non-hydrogen) atoms. The number of hydrogen-bond acceptors (Lipinski definition) is 1. The molecule has 0 spiro atoms. The average molecular weight is 200 g/mol. The molecular formula is C10H9F3N. The summed E-state index contributed by atoms with van der Waals surface area (Å²) < 4.78 is 37.3. The first-order valence-corrected chi connectivity index (χ1v) is 3.99. The highest BCUT2D eigenvalue weighted by Crippen LogP contribution is 2.32. The van der Waals surface area contributed by atoms with Gasteiger partial charge < -0.3 is 0 Å². The van der Waals surface area contributed by atoms with E-state index in [0.29, 0.717) is 0 Å². The normalized spacial score (nSPS) is 11.2. The third kappa shape index (κ3) is 2.58. The van der Waals surface area contributed by atoms with Crippen LogP contribution in [-0.2, 0) is 6.18 Å². The Balaban J connectivity index is 3.24. The maximum atomic E-state index is 12.4. The maximum Gasteiger partial charge on any atom is 0.417 e. The van der Waals surface area contributed by atoms with E-state index in [4.69, 9.17) is 0 Å². The highest BCUT2D eigenvalue weighted by molar-refractivity contribution is 5.55. The van der Waals surface area contributed by atoms with E-state index in [-0.39, 0.29) is 5.56 Å². The molecule has 0 aliphatic carbocycles. The van der Waals surface area contributed by atoms with E-state index < -0.39 is 11.7 Å². The predicted molar refractivity (Wildman–Crippen MR) is 47.4 cm³/mol. The number of alkyl halides is 3. The van der Waals surface area contributed by atoms with Gasteiger partial charge in [-0.25, -0.2) is 0 Å². The predicted octanol–water partition coefficient (Wildman–Crippen LogP) is 3.32. The van der Waals surface area contributed by atoms with Crippen LogP contribution in [0.2, 0.25) is 0 Å². The Labute approximate surface area is 80.3 Å². The number of halogens is 3. The zero-order chi connectivity index (χ0) is 10.8. The van der Waals surface area contributed by atoms with Crippen LogP contribution in [0.4, 0.5) is 13.2 Å². The van der Waals surface area contributed by atoms with Crippen molar-refractivity contribution in [2.24, 2.45) is 0 Å². The van der Waals surface area contributed by atoms with Gasteiger partial charge in [-0.05, 0) is 19.9 Å². The first-order valence-electron chi connectivity index (χ1n) is 3.99. The van der Waals surface area contributed by atoms with Gasteiger partial charge in [0, 0.05) is 11.8 Å². The van der Waals surface area contributed by atoms with Gasteiger partial charge in [0.2, 0.25) is 0 Å². The van der Waals surface area contributed by atoms with Crippen LogP contribution in [-0.4, -0.2) is 4.98 Å². The van der Waals surface area contributed by atoms with Crippen molar-refractivity contribution in [3.8, 4) is 0 Å². The van der Waals surface area contributed by atoms with Crippen molar-refractivity contribution in [3.63, 3.8) is 0 Å². The number of hydrogen-bond donors (Lipinski definition) is 0. The van der Waals surface area contributed by atoms with Gasteiger partial charge in [0.15, 0.2) is 0 Å². The van der Waals surface area contributed by atoms with E-state index in [0.717, 1.165) is 17.8 Å². The molecule has 0 atom stereocenters. The molecule has 1 radical (unpaired) electrons. The molecule has 0 saturated carbocycles. The van der Waals surface area contributed by atoms with Gasteiger partial charge in [-0.3, -0.25) is 4.98 Å². The largest absolute Gasteiger partial charge is 0.417 e. The number of allylic oxidation sites excluding steroid dienone is 1. The van der Waals surface area contributed by atoms with Gasteiger partial charge in [0.1, 0.15) is 0 Å². The summed E-state index contributed by atoms with van der Waals surface area (Å²) in [6.45, 7) is 3.47. The van der Waals surface area contributed by atoms with Crippen LogP contribution >= 0.6 is 0 Å². The Morgan fingerprint density at radius 3 is 2.57 bits per heavy atom. The zero-order valence-electron chi connectivity index (χ0n) is 7.81. The summed E-state index contributed by atoms with van der Waals surface area (Å²) in [5.41, 5.74) is 0.174. The van der Waals surface area contributed by atoms with E-state index in [2.05, 4.69) is 11.2 Å². The monoisotopic (exact) mass is 200 g/mol. The summed E-state index contributed by atoms with van der Waals surface area (Å²) in [6.07, 6.45) is 0.446. The molecule has 1 heterocycles. The van der Waals surface area contributed by atoms with Gasteiger partial charge >= 0.3 is 6.18 Å². The summed E-state index contributed by atoms with van der Waals surface area (Å²) in [7, 11) is 0. The summed E-state index contributed by atoms with van der Waals surface area (Å²) in [4.78, 5) is 3.54. The van der Waals surface area contributed by atoms with Gasteiger partial charge in [-0.1, -0.05) is 11.6 Å². The van der Waals surface area contributed by atoms with Crippen molar-refractivity contribution in [2.75, 3.05) is 0 Å². The third-order valence-corrected chi connectivity index (χ3v) is 1.55. The second kappa shape index (κ2) is 3.82. The Morgan fingerprint density at radius 2 is 2.07 bits per heavy atom. The number of nitrogens with zero attached hydrogens (tertiary/aromatic N) is 1. The molecule has 0 aliphatic heterocycles. The molecule has 1 aromatic rings. The zero-order valence-corrected chi connectivity index (χ0v) is 7.81. The number of aromatic nitrogens is 1. The van der Waals surface area contributed by atoms with Crippen molar-refractivity contribution in [3.05, 3.63) is 35.2 Å². The molecule has 4 heteroatoms. The maximum absolute atomic E-state index is 12.4. The van der Waals surface area contributed by atoms with E-state index in [1.807, 2.05) is 0 Å². The summed E-state index contributed by atoms with van der Waals surface area (Å²) in [5.74, 6) is 0. The molecule has 75 valence electrons. The molecular weight excluding hydrogens is 191 g/mol. The Kier molecular flexibility index (Phi) is 2.93. The van der Waals surface area contributed by atoms with E-state index in [1.54, 1.807) is 13.8 Å². The lowest BCUT2D eigenvalue weighted by atomic mass is 10.1. The van der Waals surface area contributed by atoms with E-state index in [1.165, 1.54) is 6.08 Å². The average Bonchev–Trinajstić information content (AvgIpc) is 2.01. The van der Waals surface area contributed by atoms with Crippen molar-refractivity contribution < 1.29 is 13.2 Å². The lowest BCUT2D eigenvalue weighted by Crippen LogP contribution is -2.07. The summed E-state index contributed by atoms with van der Waals surface area (Å²) in [5, 5.41) is 0. The lowest BCUT2D eigenvalue weighted by Gasteiger charge is -2.09. The quantitative estimate of drug-likeness (QED) is 0.677. The second-order valence-corrected chi connectivity index (χ2v) is 3.12. The SMILES string of the molecule is CC(C)=Cc1cn[c]cc1C(F)(F)F. The van der Waals surface area contributed by atoms with Crippen molar-refractivity contribution in [2.45, 2.75) is 20.0 Å². The third-order valence-electron chi connectivity index (χ3n) is 1.55. The fourth-order valence-corrected chi connectivity index (χ4v) is 1.03. The molecule has 1 rings (SSSR count). The van der Waals surface area contributed by atoms with Crippen LogP contribution in [0.25, 0.3) is 6.08 Å². The smallest absolute Gasteiger partial charge is 0.254 e. The molecule has 0 aromatic carbocycles. The summed E-state index contributed by atoms with van der Waals surface area (Å²) >= 11 is 0. The molecule has 0 aliphatic rings. The van der Waals surface area contributed by atoms with E-state index >= 15 is 0 Å². The second-order valence-electron chi connectivity index (χ2n) is 3.12. The Bertz CT molecular complexity index is 349. The molecule has 0 fully saturated rings. The minimum atomic E-state index is -4.35. The minimum Gasteiger partial charge on any atom is -0.254 e. The van der Waals surface area contributed by atoms with Crippen LogP contribution in [0.15, 0.2) is 17.8 Å². The van der Waals surface area contributed by atoms with Crippen molar-refractivity contribution in [1.29, 1.82) is 0 Å². The van der Waals surface area contributed by atoms with Crippen molar-refractivity contribution in [1.82, 2.24) is 4.98 Å². The highest BCUT2D eigenvalue weighted by atomic mass is 19.4.